The summed E-state index contributed by atoms with van der Waals surface area (Å²) in [5.74, 6) is 0. The molecule has 1 aromatic heterocycles. The van der Waals surface area contributed by atoms with Crippen molar-refractivity contribution in [3.05, 3.63) is 27.0 Å². The third-order valence-corrected chi connectivity index (χ3v) is 1.60. The molecule has 0 atom stereocenters. The minimum absolute atomic E-state index is 0.462. The van der Waals surface area contributed by atoms with E-state index in [4.69, 9.17) is 0 Å². The molecule has 0 fully saturated rings. The molecule has 72 valence electrons. The predicted octanol–water partition coefficient (Wildman–Crippen LogP) is -1.46. The van der Waals surface area contributed by atoms with Gasteiger partial charge < -0.3 is 5.32 Å². The molecule has 0 aliphatic carbocycles. The number of hydrogen-bond acceptors (Lipinski definition) is 4. The van der Waals surface area contributed by atoms with Gasteiger partial charge in [0.2, 0.25) is 0 Å². The average molecular weight is 184 g/mol. The molecule has 0 saturated heterocycles. The molecule has 0 saturated carbocycles. The van der Waals surface area contributed by atoms with Gasteiger partial charge in [0.1, 0.15) is 6.33 Å². The molecule has 1 heterocycles. The Labute approximate surface area is 74.6 Å². The summed E-state index contributed by atoms with van der Waals surface area (Å²) in [7, 11) is 0. The highest BCUT2D eigenvalue weighted by Crippen LogP contribution is 1.71. The van der Waals surface area contributed by atoms with Crippen LogP contribution in [0, 0.1) is 0 Å². The van der Waals surface area contributed by atoms with Gasteiger partial charge in [-0.25, -0.2) is 5.10 Å². The van der Waals surface area contributed by atoms with E-state index in [1.807, 2.05) is 6.92 Å². The first-order valence-electron chi connectivity index (χ1n) is 4.10. The van der Waals surface area contributed by atoms with E-state index in [0.29, 0.717) is 13.1 Å². The van der Waals surface area contributed by atoms with Gasteiger partial charge in [0, 0.05) is 13.1 Å². The Balaban J connectivity index is 2.72. The van der Waals surface area contributed by atoms with Crippen LogP contribution in [0.15, 0.2) is 15.9 Å². The number of likely N-dealkylation sites (N-methyl/N-ethyl adjacent to an activating group) is 1. The molecule has 0 unspecified atom stereocenters. The third-order valence-electron chi connectivity index (χ3n) is 1.60. The summed E-state index contributed by atoms with van der Waals surface area (Å²) in [6.45, 7) is 3.93. The molecule has 0 spiro atoms. The molecular weight excluding hydrogens is 172 g/mol. The first-order chi connectivity index (χ1) is 6.25. The van der Waals surface area contributed by atoms with Crippen molar-refractivity contribution in [2.45, 2.75) is 13.5 Å². The quantitative estimate of drug-likeness (QED) is 0.443. The molecule has 0 aliphatic heterocycles. The number of nitrogens with one attached hydrogen (secondary N) is 2. The maximum Gasteiger partial charge on any atom is 0.330 e. The second-order valence-electron chi connectivity index (χ2n) is 2.54. The van der Waals surface area contributed by atoms with Gasteiger partial charge in [-0.3, -0.25) is 14.2 Å². The molecule has 0 aromatic carbocycles. The van der Waals surface area contributed by atoms with E-state index >= 15 is 0 Å². The van der Waals surface area contributed by atoms with Gasteiger partial charge in [-0.05, 0) is 6.54 Å². The lowest BCUT2D eigenvalue weighted by atomic mass is 10.5. The summed E-state index contributed by atoms with van der Waals surface area (Å²) in [5, 5.41) is 8.64. The van der Waals surface area contributed by atoms with Crippen LogP contribution < -0.4 is 16.4 Å². The number of hydrogen-bond donors (Lipinski definition) is 2. The Bertz CT molecular complexity index is 367. The van der Waals surface area contributed by atoms with Gasteiger partial charge >= 0.3 is 11.1 Å². The van der Waals surface area contributed by atoms with E-state index in [0.717, 1.165) is 6.54 Å². The zero-order valence-electron chi connectivity index (χ0n) is 7.41. The summed E-state index contributed by atoms with van der Waals surface area (Å²) >= 11 is 0. The maximum absolute atomic E-state index is 11.1. The predicted molar refractivity (Wildman–Crippen MR) is 47.7 cm³/mol. The van der Waals surface area contributed by atoms with Gasteiger partial charge in [-0.2, -0.15) is 5.10 Å². The topological polar surface area (TPSA) is 79.8 Å². The van der Waals surface area contributed by atoms with Crippen molar-refractivity contribution in [2.24, 2.45) is 0 Å². The Morgan fingerprint density at radius 3 is 3.08 bits per heavy atom. The SMILES string of the molecule is CCNCCn1cn[nH]c(=O)c1=O. The van der Waals surface area contributed by atoms with Crippen LogP contribution in [0.4, 0.5) is 0 Å². The van der Waals surface area contributed by atoms with E-state index in [2.05, 4.69) is 15.5 Å². The normalized spacial score (nSPS) is 10.2. The van der Waals surface area contributed by atoms with Crippen LogP contribution >= 0.6 is 0 Å². The zero-order valence-corrected chi connectivity index (χ0v) is 7.41. The second kappa shape index (κ2) is 4.56. The summed E-state index contributed by atoms with van der Waals surface area (Å²) < 4.78 is 1.28. The van der Waals surface area contributed by atoms with Crippen molar-refractivity contribution in [3.8, 4) is 0 Å². The molecule has 13 heavy (non-hydrogen) atoms. The van der Waals surface area contributed by atoms with Gasteiger partial charge in [0.15, 0.2) is 0 Å². The average Bonchev–Trinajstić information content (AvgIpc) is 2.13. The highest BCUT2D eigenvalue weighted by atomic mass is 16.2. The van der Waals surface area contributed by atoms with E-state index in [-0.39, 0.29) is 0 Å². The molecule has 0 aliphatic rings. The van der Waals surface area contributed by atoms with Crippen molar-refractivity contribution in [2.75, 3.05) is 13.1 Å². The van der Waals surface area contributed by atoms with Gasteiger partial charge in [-0.15, -0.1) is 0 Å². The number of aromatic amines is 1. The third kappa shape index (κ3) is 2.51. The molecule has 0 radical (unpaired) electrons. The van der Waals surface area contributed by atoms with Crippen molar-refractivity contribution in [1.82, 2.24) is 20.1 Å². The minimum Gasteiger partial charge on any atom is -0.315 e. The van der Waals surface area contributed by atoms with E-state index < -0.39 is 11.1 Å². The van der Waals surface area contributed by atoms with Gasteiger partial charge in [-0.1, -0.05) is 6.92 Å². The molecule has 6 nitrogen and oxygen atoms in total. The van der Waals surface area contributed by atoms with Crippen LogP contribution in [0.2, 0.25) is 0 Å². The number of rotatable bonds is 4. The van der Waals surface area contributed by atoms with Crippen LogP contribution in [0.1, 0.15) is 6.92 Å². The van der Waals surface area contributed by atoms with Gasteiger partial charge in [0.25, 0.3) is 0 Å². The molecule has 1 aromatic rings. The van der Waals surface area contributed by atoms with E-state index in [9.17, 15) is 9.59 Å². The van der Waals surface area contributed by atoms with Crippen molar-refractivity contribution in [3.63, 3.8) is 0 Å². The monoisotopic (exact) mass is 184 g/mol. The standard InChI is InChI=1S/C7H12N4O2/c1-2-8-3-4-11-5-9-10-6(12)7(11)13/h5,8H,2-4H2,1H3,(H,10,12). The lowest BCUT2D eigenvalue weighted by Crippen LogP contribution is -2.38. The molecule has 1 rings (SSSR count). The zero-order chi connectivity index (χ0) is 9.68. The Morgan fingerprint density at radius 1 is 1.62 bits per heavy atom. The first kappa shape index (κ1) is 9.66. The smallest absolute Gasteiger partial charge is 0.315 e. The highest BCUT2D eigenvalue weighted by molar-refractivity contribution is 4.74. The summed E-state index contributed by atoms with van der Waals surface area (Å²) in [4.78, 5) is 21.9. The largest absolute Gasteiger partial charge is 0.330 e. The Kier molecular flexibility index (Phi) is 3.39. The molecule has 2 N–H and O–H groups in total. The van der Waals surface area contributed by atoms with Crippen LogP contribution in [-0.2, 0) is 6.54 Å². The minimum atomic E-state index is -0.681. The molecular formula is C7H12N4O2. The fourth-order valence-corrected chi connectivity index (χ4v) is 0.923. The molecule has 0 bridgehead atoms. The number of nitrogens with zero attached hydrogens (tertiary/aromatic N) is 2. The fraction of sp³-hybridized carbons (Fsp3) is 0.571. The number of H-pyrrole nitrogens is 1. The summed E-state index contributed by atoms with van der Waals surface area (Å²) in [6, 6.07) is 0. The maximum atomic E-state index is 11.1. The van der Waals surface area contributed by atoms with E-state index in [1.165, 1.54) is 10.9 Å². The van der Waals surface area contributed by atoms with Crippen molar-refractivity contribution < 1.29 is 0 Å². The second-order valence-corrected chi connectivity index (χ2v) is 2.54. The Hall–Kier alpha value is -1.43. The number of aromatic nitrogens is 3. The highest BCUT2D eigenvalue weighted by Gasteiger charge is 1.98. The fourth-order valence-electron chi connectivity index (χ4n) is 0.923. The Morgan fingerprint density at radius 2 is 2.38 bits per heavy atom. The summed E-state index contributed by atoms with van der Waals surface area (Å²) in [6.07, 6.45) is 1.32. The van der Waals surface area contributed by atoms with Crippen molar-refractivity contribution in [1.29, 1.82) is 0 Å². The lowest BCUT2D eigenvalue weighted by molar-refractivity contribution is 0.577. The van der Waals surface area contributed by atoms with Crippen LogP contribution in [-0.4, -0.2) is 27.9 Å². The van der Waals surface area contributed by atoms with Crippen molar-refractivity contribution >= 4 is 0 Å². The molecule has 6 heteroatoms. The molecule has 0 amide bonds. The summed E-state index contributed by atoms with van der Waals surface area (Å²) in [5.41, 5.74) is -1.24. The van der Waals surface area contributed by atoms with E-state index in [1.54, 1.807) is 0 Å². The van der Waals surface area contributed by atoms with Gasteiger partial charge in [0.05, 0.1) is 0 Å². The van der Waals surface area contributed by atoms with Crippen LogP contribution in [0.5, 0.6) is 0 Å². The lowest BCUT2D eigenvalue weighted by Gasteiger charge is -2.02. The first-order valence-corrected chi connectivity index (χ1v) is 4.10. The van der Waals surface area contributed by atoms with Crippen LogP contribution in [0.3, 0.4) is 0 Å². The van der Waals surface area contributed by atoms with Crippen LogP contribution in [0.25, 0.3) is 0 Å².